The minimum atomic E-state index is -2.92. The molecule has 0 aliphatic rings. The van der Waals surface area contributed by atoms with E-state index in [2.05, 4.69) is 10.1 Å². The normalized spacial score (nSPS) is 10.6. The van der Waals surface area contributed by atoms with Gasteiger partial charge in [-0.05, 0) is 43.7 Å². The molecule has 6 heteroatoms. The summed E-state index contributed by atoms with van der Waals surface area (Å²) in [6.07, 6.45) is 0. The van der Waals surface area contributed by atoms with E-state index in [1.165, 1.54) is 13.2 Å². The van der Waals surface area contributed by atoms with Crippen molar-refractivity contribution in [3.63, 3.8) is 0 Å². The third-order valence-electron chi connectivity index (χ3n) is 3.38. The van der Waals surface area contributed by atoms with Crippen LogP contribution < -0.4 is 14.8 Å². The molecule has 24 heavy (non-hydrogen) atoms. The molecule has 2 rings (SSSR count). The summed E-state index contributed by atoms with van der Waals surface area (Å²) >= 11 is 0. The van der Waals surface area contributed by atoms with Crippen molar-refractivity contribution < 1.29 is 23.0 Å². The Kier molecular flexibility index (Phi) is 5.73. The van der Waals surface area contributed by atoms with E-state index in [0.29, 0.717) is 11.1 Å². The Morgan fingerprint density at radius 3 is 2.33 bits per heavy atom. The maximum atomic E-state index is 12.3. The first kappa shape index (κ1) is 17.7. The topological polar surface area (TPSA) is 47.6 Å². The molecule has 0 saturated carbocycles. The van der Waals surface area contributed by atoms with Crippen LogP contribution in [0.25, 0.3) is 0 Å². The van der Waals surface area contributed by atoms with Crippen molar-refractivity contribution in [2.24, 2.45) is 0 Å². The zero-order chi connectivity index (χ0) is 17.7. The number of benzene rings is 2. The van der Waals surface area contributed by atoms with E-state index in [-0.39, 0.29) is 24.0 Å². The molecule has 4 nitrogen and oxygen atoms in total. The fourth-order valence-corrected chi connectivity index (χ4v) is 2.41. The van der Waals surface area contributed by atoms with Gasteiger partial charge in [0.1, 0.15) is 0 Å². The summed E-state index contributed by atoms with van der Waals surface area (Å²) in [4.78, 5) is 12.2. The lowest BCUT2D eigenvalue weighted by molar-refractivity contribution is -0.0512. The van der Waals surface area contributed by atoms with Crippen molar-refractivity contribution in [2.75, 3.05) is 7.11 Å². The van der Waals surface area contributed by atoms with Crippen LogP contribution >= 0.6 is 0 Å². The van der Waals surface area contributed by atoms with Crippen LogP contribution in [-0.4, -0.2) is 19.6 Å². The lowest BCUT2D eigenvalue weighted by atomic mass is 10.1. The number of rotatable bonds is 6. The number of halogens is 2. The molecule has 0 bridgehead atoms. The van der Waals surface area contributed by atoms with E-state index >= 15 is 0 Å². The molecule has 0 aliphatic carbocycles. The molecule has 2 aromatic carbocycles. The summed E-state index contributed by atoms with van der Waals surface area (Å²) in [6, 6.07) is 10.2. The molecule has 0 spiro atoms. The molecule has 0 radical (unpaired) electrons. The number of nitrogens with one attached hydrogen (secondary N) is 1. The molecule has 0 unspecified atom stereocenters. The Morgan fingerprint density at radius 1 is 1.08 bits per heavy atom. The number of carbonyl (C=O) groups is 1. The number of hydrogen-bond acceptors (Lipinski definition) is 3. The summed E-state index contributed by atoms with van der Waals surface area (Å²) in [5, 5.41) is 2.80. The SMILES string of the molecule is COc1cc(CNC(=O)c2cc(C)cc(C)c2)ccc1OC(F)F. The Hall–Kier alpha value is -2.63. The van der Waals surface area contributed by atoms with Crippen molar-refractivity contribution >= 4 is 5.91 Å². The Morgan fingerprint density at radius 2 is 1.75 bits per heavy atom. The fourth-order valence-electron chi connectivity index (χ4n) is 2.41. The zero-order valence-corrected chi connectivity index (χ0v) is 13.7. The molecule has 1 amide bonds. The van der Waals surface area contributed by atoms with E-state index < -0.39 is 6.61 Å². The quantitative estimate of drug-likeness (QED) is 0.872. The van der Waals surface area contributed by atoms with Crippen molar-refractivity contribution in [1.82, 2.24) is 5.32 Å². The van der Waals surface area contributed by atoms with Gasteiger partial charge >= 0.3 is 6.61 Å². The fraction of sp³-hybridized carbons (Fsp3) is 0.278. The molecule has 2 aromatic rings. The van der Waals surface area contributed by atoms with Gasteiger partial charge in [-0.1, -0.05) is 23.3 Å². The van der Waals surface area contributed by atoms with Crippen LogP contribution in [0.3, 0.4) is 0 Å². The zero-order valence-electron chi connectivity index (χ0n) is 13.7. The first-order valence-corrected chi connectivity index (χ1v) is 7.37. The smallest absolute Gasteiger partial charge is 0.387 e. The van der Waals surface area contributed by atoms with Crippen LogP contribution in [-0.2, 0) is 6.54 Å². The van der Waals surface area contributed by atoms with Crippen molar-refractivity contribution in [3.8, 4) is 11.5 Å². The largest absolute Gasteiger partial charge is 0.493 e. The third kappa shape index (κ3) is 4.68. The van der Waals surface area contributed by atoms with Gasteiger partial charge in [0.05, 0.1) is 7.11 Å². The first-order chi connectivity index (χ1) is 11.4. The van der Waals surface area contributed by atoms with Crippen LogP contribution in [0.4, 0.5) is 8.78 Å². The second kappa shape index (κ2) is 7.77. The highest BCUT2D eigenvalue weighted by Crippen LogP contribution is 2.29. The van der Waals surface area contributed by atoms with Gasteiger partial charge in [0, 0.05) is 12.1 Å². The second-order valence-corrected chi connectivity index (χ2v) is 5.42. The summed E-state index contributed by atoms with van der Waals surface area (Å²) in [5.41, 5.74) is 3.31. The van der Waals surface area contributed by atoms with Crippen LogP contribution in [0.2, 0.25) is 0 Å². The average Bonchev–Trinajstić information content (AvgIpc) is 2.52. The first-order valence-electron chi connectivity index (χ1n) is 7.37. The van der Waals surface area contributed by atoms with E-state index in [1.807, 2.05) is 32.0 Å². The molecular formula is C18H19F2NO3. The minimum absolute atomic E-state index is 0.0446. The van der Waals surface area contributed by atoms with E-state index in [9.17, 15) is 13.6 Å². The van der Waals surface area contributed by atoms with Gasteiger partial charge in [0.15, 0.2) is 11.5 Å². The third-order valence-corrected chi connectivity index (χ3v) is 3.38. The summed E-state index contributed by atoms with van der Waals surface area (Å²) < 4.78 is 34.0. The van der Waals surface area contributed by atoms with Gasteiger partial charge in [0.25, 0.3) is 5.91 Å². The monoisotopic (exact) mass is 335 g/mol. The van der Waals surface area contributed by atoms with Gasteiger partial charge in [-0.25, -0.2) is 0 Å². The molecule has 0 heterocycles. The maximum absolute atomic E-state index is 12.3. The van der Waals surface area contributed by atoms with E-state index in [1.54, 1.807) is 12.1 Å². The molecular weight excluding hydrogens is 316 g/mol. The molecule has 0 atom stereocenters. The van der Waals surface area contributed by atoms with Gasteiger partial charge < -0.3 is 14.8 Å². The van der Waals surface area contributed by atoms with Gasteiger partial charge in [0.2, 0.25) is 0 Å². The summed E-state index contributed by atoms with van der Waals surface area (Å²) in [6.45, 7) is 1.18. The van der Waals surface area contributed by atoms with Crippen molar-refractivity contribution in [3.05, 3.63) is 58.7 Å². The number of amides is 1. The number of aryl methyl sites for hydroxylation is 2. The van der Waals surface area contributed by atoms with Gasteiger partial charge in [-0.3, -0.25) is 4.79 Å². The molecule has 1 N–H and O–H groups in total. The number of carbonyl (C=O) groups excluding carboxylic acids is 1. The molecule has 0 saturated heterocycles. The lowest BCUT2D eigenvalue weighted by Gasteiger charge is -2.12. The van der Waals surface area contributed by atoms with E-state index in [0.717, 1.165) is 11.1 Å². The highest BCUT2D eigenvalue weighted by molar-refractivity contribution is 5.94. The summed E-state index contributed by atoms with van der Waals surface area (Å²) in [7, 11) is 1.37. The predicted molar refractivity (Wildman–Crippen MR) is 86.7 cm³/mol. The van der Waals surface area contributed by atoms with Crippen LogP contribution in [0, 0.1) is 13.8 Å². The number of alkyl halides is 2. The molecule has 0 fully saturated rings. The van der Waals surface area contributed by atoms with Crippen LogP contribution in [0.5, 0.6) is 11.5 Å². The second-order valence-electron chi connectivity index (χ2n) is 5.42. The predicted octanol–water partition coefficient (Wildman–Crippen LogP) is 3.84. The van der Waals surface area contributed by atoms with Crippen molar-refractivity contribution in [2.45, 2.75) is 27.0 Å². The average molecular weight is 335 g/mol. The standard InChI is InChI=1S/C18H19F2NO3/c1-11-6-12(2)8-14(7-11)17(22)21-10-13-4-5-15(24-18(19)20)16(9-13)23-3/h4-9,18H,10H2,1-3H3,(H,21,22). The van der Waals surface area contributed by atoms with Gasteiger partial charge in [-0.2, -0.15) is 8.78 Å². The Labute approximate surface area is 139 Å². The maximum Gasteiger partial charge on any atom is 0.387 e. The van der Waals surface area contributed by atoms with Crippen LogP contribution in [0.15, 0.2) is 36.4 Å². The Balaban J connectivity index is 2.07. The van der Waals surface area contributed by atoms with E-state index in [4.69, 9.17) is 4.74 Å². The number of hydrogen-bond donors (Lipinski definition) is 1. The highest BCUT2D eigenvalue weighted by Gasteiger charge is 2.12. The summed E-state index contributed by atoms with van der Waals surface area (Å²) in [5.74, 6) is -0.0565. The molecule has 0 aliphatic heterocycles. The number of ether oxygens (including phenoxy) is 2. The Bertz CT molecular complexity index is 712. The van der Waals surface area contributed by atoms with Crippen LogP contribution in [0.1, 0.15) is 27.0 Å². The van der Waals surface area contributed by atoms with Gasteiger partial charge in [-0.15, -0.1) is 0 Å². The molecule has 128 valence electrons. The highest BCUT2D eigenvalue weighted by atomic mass is 19.3. The van der Waals surface area contributed by atoms with Crippen molar-refractivity contribution in [1.29, 1.82) is 0 Å². The number of methoxy groups -OCH3 is 1. The molecule has 0 aromatic heterocycles. The lowest BCUT2D eigenvalue weighted by Crippen LogP contribution is -2.23. The minimum Gasteiger partial charge on any atom is -0.493 e.